The first-order valence-electron chi connectivity index (χ1n) is 4.45. The molecule has 1 atom stereocenters. The highest BCUT2D eigenvalue weighted by atomic mass is 35.5. The molecule has 0 aliphatic carbocycles. The van der Waals surface area contributed by atoms with Gasteiger partial charge in [-0.15, -0.1) is 10.2 Å². The van der Waals surface area contributed by atoms with Crippen molar-refractivity contribution in [3.8, 4) is 0 Å². The maximum Gasteiger partial charge on any atom is 0.151 e. The largest absolute Gasteiger partial charge is 0.368 e. The van der Waals surface area contributed by atoms with E-state index < -0.39 is 0 Å². The Morgan fingerprint density at radius 2 is 2.23 bits per heavy atom. The Morgan fingerprint density at radius 3 is 2.77 bits per heavy atom. The van der Waals surface area contributed by atoms with E-state index in [0.717, 1.165) is 18.8 Å². The van der Waals surface area contributed by atoms with E-state index in [1.54, 1.807) is 6.07 Å². The molecule has 0 spiro atoms. The standard InChI is InChI=1S/C9H14ClN3/c1-3-7(2)6-11-9-5-4-8(10)12-13-9/h4-5,7H,3,6H2,1-2H3,(H,11,13). The smallest absolute Gasteiger partial charge is 0.151 e. The van der Waals surface area contributed by atoms with Crippen LogP contribution in [0.1, 0.15) is 20.3 Å². The summed E-state index contributed by atoms with van der Waals surface area (Å²) < 4.78 is 0. The fraction of sp³-hybridized carbons (Fsp3) is 0.556. The minimum Gasteiger partial charge on any atom is -0.368 e. The lowest BCUT2D eigenvalue weighted by molar-refractivity contribution is 0.592. The molecule has 0 saturated heterocycles. The highest BCUT2D eigenvalue weighted by molar-refractivity contribution is 6.29. The van der Waals surface area contributed by atoms with Crippen LogP contribution in [0, 0.1) is 5.92 Å². The monoisotopic (exact) mass is 199 g/mol. The van der Waals surface area contributed by atoms with Crippen LogP contribution in [0.15, 0.2) is 12.1 Å². The zero-order valence-corrected chi connectivity index (χ0v) is 8.67. The van der Waals surface area contributed by atoms with Crippen LogP contribution in [-0.4, -0.2) is 16.7 Å². The molecule has 1 rings (SSSR count). The second-order valence-corrected chi connectivity index (χ2v) is 3.52. The van der Waals surface area contributed by atoms with Gasteiger partial charge in [0, 0.05) is 6.54 Å². The summed E-state index contributed by atoms with van der Waals surface area (Å²) in [6.07, 6.45) is 1.16. The molecule has 0 saturated carbocycles. The summed E-state index contributed by atoms with van der Waals surface area (Å²) in [4.78, 5) is 0. The number of rotatable bonds is 4. The van der Waals surface area contributed by atoms with Crippen LogP contribution in [0.25, 0.3) is 0 Å². The molecule has 3 nitrogen and oxygen atoms in total. The Hall–Kier alpha value is -0.830. The first-order chi connectivity index (χ1) is 6.22. The zero-order chi connectivity index (χ0) is 9.68. The van der Waals surface area contributed by atoms with Crippen molar-refractivity contribution in [3.05, 3.63) is 17.3 Å². The maximum atomic E-state index is 5.60. The molecule has 0 amide bonds. The number of hydrogen-bond acceptors (Lipinski definition) is 3. The van der Waals surface area contributed by atoms with Crippen molar-refractivity contribution >= 4 is 17.4 Å². The van der Waals surface area contributed by atoms with Crippen molar-refractivity contribution in [2.24, 2.45) is 5.92 Å². The van der Waals surface area contributed by atoms with E-state index in [9.17, 15) is 0 Å². The van der Waals surface area contributed by atoms with E-state index >= 15 is 0 Å². The van der Waals surface area contributed by atoms with Gasteiger partial charge in [0.2, 0.25) is 0 Å². The SMILES string of the molecule is CCC(C)CNc1ccc(Cl)nn1. The molecule has 1 N–H and O–H groups in total. The van der Waals surface area contributed by atoms with Gasteiger partial charge in [-0.2, -0.15) is 0 Å². The topological polar surface area (TPSA) is 37.8 Å². The molecule has 0 bridgehead atoms. The quantitative estimate of drug-likeness (QED) is 0.810. The van der Waals surface area contributed by atoms with Crippen molar-refractivity contribution in [1.29, 1.82) is 0 Å². The van der Waals surface area contributed by atoms with Crippen LogP contribution >= 0.6 is 11.6 Å². The van der Waals surface area contributed by atoms with Crippen LogP contribution in [-0.2, 0) is 0 Å². The average Bonchev–Trinajstić information content (AvgIpc) is 2.16. The molecule has 1 heterocycles. The second-order valence-electron chi connectivity index (χ2n) is 3.14. The van der Waals surface area contributed by atoms with Gasteiger partial charge < -0.3 is 5.32 Å². The number of halogens is 1. The van der Waals surface area contributed by atoms with Crippen LogP contribution in [0.3, 0.4) is 0 Å². The van der Waals surface area contributed by atoms with Crippen LogP contribution < -0.4 is 5.32 Å². The van der Waals surface area contributed by atoms with Crippen LogP contribution in [0.4, 0.5) is 5.82 Å². The van der Waals surface area contributed by atoms with Gasteiger partial charge in [-0.1, -0.05) is 31.9 Å². The van der Waals surface area contributed by atoms with Gasteiger partial charge >= 0.3 is 0 Å². The van der Waals surface area contributed by atoms with Gasteiger partial charge in [0.25, 0.3) is 0 Å². The Balaban J connectivity index is 2.41. The molecule has 4 heteroatoms. The third kappa shape index (κ3) is 3.59. The molecule has 0 radical (unpaired) electrons. The highest BCUT2D eigenvalue weighted by Crippen LogP contribution is 2.07. The first kappa shape index (κ1) is 10.3. The molecule has 1 unspecified atom stereocenters. The Labute approximate surface area is 83.5 Å². The first-order valence-corrected chi connectivity index (χ1v) is 4.83. The van der Waals surface area contributed by atoms with Crippen molar-refractivity contribution in [3.63, 3.8) is 0 Å². The minimum absolute atomic E-state index is 0.425. The van der Waals surface area contributed by atoms with Crippen LogP contribution in [0.2, 0.25) is 5.15 Å². The fourth-order valence-corrected chi connectivity index (χ4v) is 0.934. The van der Waals surface area contributed by atoms with Gasteiger partial charge in [-0.3, -0.25) is 0 Å². The summed E-state index contributed by atoms with van der Waals surface area (Å²) in [6, 6.07) is 3.56. The Morgan fingerprint density at radius 1 is 1.46 bits per heavy atom. The number of nitrogens with one attached hydrogen (secondary N) is 1. The molecule has 72 valence electrons. The van der Waals surface area contributed by atoms with E-state index in [0.29, 0.717) is 11.1 Å². The maximum absolute atomic E-state index is 5.60. The predicted molar refractivity (Wildman–Crippen MR) is 55.0 cm³/mol. The van der Waals surface area contributed by atoms with E-state index in [1.807, 2.05) is 6.07 Å². The molecule has 0 aliphatic rings. The lowest BCUT2D eigenvalue weighted by Gasteiger charge is -2.09. The van der Waals surface area contributed by atoms with Crippen molar-refractivity contribution in [2.45, 2.75) is 20.3 Å². The molecular formula is C9H14ClN3. The third-order valence-corrected chi connectivity index (χ3v) is 2.16. The average molecular weight is 200 g/mol. The van der Waals surface area contributed by atoms with Gasteiger partial charge in [-0.05, 0) is 18.1 Å². The molecular weight excluding hydrogens is 186 g/mol. The molecule has 1 aromatic heterocycles. The zero-order valence-electron chi connectivity index (χ0n) is 7.92. The van der Waals surface area contributed by atoms with E-state index in [2.05, 4.69) is 29.4 Å². The number of hydrogen-bond donors (Lipinski definition) is 1. The summed E-state index contributed by atoms with van der Waals surface area (Å²) in [5, 5.41) is 11.2. The summed E-state index contributed by atoms with van der Waals surface area (Å²) in [5.74, 6) is 1.43. The number of aromatic nitrogens is 2. The van der Waals surface area contributed by atoms with Gasteiger partial charge in [0.1, 0.15) is 5.82 Å². The summed E-state index contributed by atoms with van der Waals surface area (Å²) in [7, 11) is 0. The minimum atomic E-state index is 0.425. The predicted octanol–water partition coefficient (Wildman–Crippen LogP) is 2.59. The fourth-order valence-electron chi connectivity index (χ4n) is 0.833. The summed E-state index contributed by atoms with van der Waals surface area (Å²) in [5.41, 5.74) is 0. The van der Waals surface area contributed by atoms with Crippen molar-refractivity contribution in [2.75, 3.05) is 11.9 Å². The lowest BCUT2D eigenvalue weighted by Crippen LogP contribution is -2.11. The molecule has 0 aromatic carbocycles. The van der Waals surface area contributed by atoms with Gasteiger partial charge in [-0.25, -0.2) is 0 Å². The van der Waals surface area contributed by atoms with Gasteiger partial charge in [0.05, 0.1) is 0 Å². The summed E-state index contributed by atoms with van der Waals surface area (Å²) in [6.45, 7) is 5.28. The molecule has 1 aromatic rings. The Kier molecular flexibility index (Phi) is 3.96. The molecule has 0 aliphatic heterocycles. The van der Waals surface area contributed by atoms with Crippen molar-refractivity contribution < 1.29 is 0 Å². The number of nitrogens with zero attached hydrogens (tertiary/aromatic N) is 2. The second kappa shape index (κ2) is 5.02. The van der Waals surface area contributed by atoms with Gasteiger partial charge in [0.15, 0.2) is 5.15 Å². The highest BCUT2D eigenvalue weighted by Gasteiger charge is 1.99. The number of anilines is 1. The van der Waals surface area contributed by atoms with Crippen molar-refractivity contribution in [1.82, 2.24) is 10.2 Å². The van der Waals surface area contributed by atoms with E-state index in [4.69, 9.17) is 11.6 Å². The normalized spacial score (nSPS) is 12.5. The summed E-state index contributed by atoms with van der Waals surface area (Å²) >= 11 is 5.60. The Bertz CT molecular complexity index is 248. The lowest BCUT2D eigenvalue weighted by atomic mass is 10.1. The molecule has 13 heavy (non-hydrogen) atoms. The van der Waals surface area contributed by atoms with E-state index in [1.165, 1.54) is 0 Å². The van der Waals surface area contributed by atoms with Crippen LogP contribution in [0.5, 0.6) is 0 Å². The molecule has 0 fully saturated rings. The third-order valence-electron chi connectivity index (χ3n) is 1.96. The van der Waals surface area contributed by atoms with E-state index in [-0.39, 0.29) is 0 Å².